The highest BCUT2D eigenvalue weighted by Gasteiger charge is 2.10. The number of furan rings is 1. The summed E-state index contributed by atoms with van der Waals surface area (Å²) in [6.45, 7) is 0.233. The number of hydrogen-bond donors (Lipinski definition) is 1. The van der Waals surface area contributed by atoms with Crippen LogP contribution in [-0.2, 0) is 11.3 Å². The fourth-order valence-corrected chi connectivity index (χ4v) is 2.32. The number of benzene rings is 1. The Morgan fingerprint density at radius 1 is 1.50 bits per heavy atom. The fourth-order valence-electron chi connectivity index (χ4n) is 1.76. The molecule has 1 heterocycles. The second kappa shape index (κ2) is 7.48. The Labute approximate surface area is 136 Å². The first-order chi connectivity index (χ1) is 10.6. The molecule has 0 aliphatic carbocycles. The molecule has 2 aromatic rings. The highest BCUT2D eigenvalue weighted by molar-refractivity contribution is 9.10. The van der Waals surface area contributed by atoms with Crippen molar-refractivity contribution in [3.05, 3.63) is 58.0 Å². The highest BCUT2D eigenvalue weighted by atomic mass is 79.9. The summed E-state index contributed by atoms with van der Waals surface area (Å²) in [5, 5.41) is 11.8. The van der Waals surface area contributed by atoms with Crippen LogP contribution >= 0.6 is 15.9 Å². The molecule has 1 amide bonds. The van der Waals surface area contributed by atoms with Crippen molar-refractivity contribution >= 4 is 27.9 Å². The number of amides is 1. The Morgan fingerprint density at radius 2 is 2.32 bits per heavy atom. The SMILES string of the molecule is COc1ccc(/C=C(\C#N)C(=O)NCc2ccco2)cc1Br. The molecule has 22 heavy (non-hydrogen) atoms. The number of carbonyl (C=O) groups excluding carboxylic acids is 1. The van der Waals surface area contributed by atoms with Crippen molar-refractivity contribution in [3.8, 4) is 11.8 Å². The van der Waals surface area contributed by atoms with Gasteiger partial charge in [0.2, 0.25) is 0 Å². The average Bonchev–Trinajstić information content (AvgIpc) is 3.04. The second-order valence-electron chi connectivity index (χ2n) is 4.33. The Kier molecular flexibility index (Phi) is 5.39. The molecule has 0 spiro atoms. The molecule has 5 nitrogen and oxygen atoms in total. The van der Waals surface area contributed by atoms with Crippen LogP contribution in [0.15, 0.2) is 51.1 Å². The zero-order valence-corrected chi connectivity index (χ0v) is 13.4. The van der Waals surface area contributed by atoms with Crippen molar-refractivity contribution in [1.82, 2.24) is 5.32 Å². The predicted molar refractivity (Wildman–Crippen MR) is 84.8 cm³/mol. The lowest BCUT2D eigenvalue weighted by molar-refractivity contribution is -0.117. The van der Waals surface area contributed by atoms with Crippen LogP contribution in [0.5, 0.6) is 5.75 Å². The summed E-state index contributed by atoms with van der Waals surface area (Å²) in [7, 11) is 1.57. The summed E-state index contributed by atoms with van der Waals surface area (Å²) >= 11 is 3.36. The summed E-state index contributed by atoms with van der Waals surface area (Å²) in [6, 6.07) is 10.7. The monoisotopic (exact) mass is 360 g/mol. The number of methoxy groups -OCH3 is 1. The smallest absolute Gasteiger partial charge is 0.262 e. The van der Waals surface area contributed by atoms with Gasteiger partial charge in [-0.25, -0.2) is 0 Å². The van der Waals surface area contributed by atoms with Gasteiger partial charge in [-0.2, -0.15) is 5.26 Å². The molecule has 6 heteroatoms. The van der Waals surface area contributed by atoms with E-state index in [1.54, 1.807) is 37.4 Å². The lowest BCUT2D eigenvalue weighted by Gasteiger charge is -2.05. The molecule has 0 radical (unpaired) electrons. The number of nitriles is 1. The van der Waals surface area contributed by atoms with Crippen LogP contribution in [0.4, 0.5) is 0 Å². The zero-order valence-electron chi connectivity index (χ0n) is 11.8. The van der Waals surface area contributed by atoms with Crippen LogP contribution in [0.1, 0.15) is 11.3 Å². The van der Waals surface area contributed by atoms with Gasteiger partial charge in [-0.15, -0.1) is 0 Å². The van der Waals surface area contributed by atoms with Gasteiger partial charge in [-0.05, 0) is 51.8 Å². The van der Waals surface area contributed by atoms with Gasteiger partial charge in [0.15, 0.2) is 0 Å². The zero-order chi connectivity index (χ0) is 15.9. The number of hydrogen-bond acceptors (Lipinski definition) is 4. The molecule has 0 unspecified atom stereocenters. The van der Waals surface area contributed by atoms with Crippen molar-refractivity contribution in [2.75, 3.05) is 7.11 Å². The van der Waals surface area contributed by atoms with Gasteiger partial charge >= 0.3 is 0 Å². The van der Waals surface area contributed by atoms with Gasteiger partial charge in [-0.3, -0.25) is 4.79 Å². The Hall–Kier alpha value is -2.52. The van der Waals surface area contributed by atoms with E-state index in [2.05, 4.69) is 21.2 Å². The highest BCUT2D eigenvalue weighted by Crippen LogP contribution is 2.26. The Bertz CT molecular complexity index is 730. The minimum atomic E-state index is -0.453. The molecule has 0 bridgehead atoms. The molecular formula is C16H13BrN2O3. The van der Waals surface area contributed by atoms with E-state index in [1.165, 1.54) is 12.3 Å². The lowest BCUT2D eigenvalue weighted by Crippen LogP contribution is -2.23. The molecule has 1 aromatic heterocycles. The van der Waals surface area contributed by atoms with Gasteiger partial charge in [0.05, 0.1) is 24.4 Å². The van der Waals surface area contributed by atoms with Crippen LogP contribution in [-0.4, -0.2) is 13.0 Å². The summed E-state index contributed by atoms with van der Waals surface area (Å²) < 4.78 is 11.0. The lowest BCUT2D eigenvalue weighted by atomic mass is 10.1. The summed E-state index contributed by atoms with van der Waals surface area (Å²) in [6.07, 6.45) is 3.04. The molecular weight excluding hydrogens is 348 g/mol. The minimum Gasteiger partial charge on any atom is -0.496 e. The molecule has 0 aliphatic heterocycles. The molecule has 0 fully saturated rings. The van der Waals surface area contributed by atoms with Gasteiger partial charge in [0.1, 0.15) is 23.2 Å². The summed E-state index contributed by atoms with van der Waals surface area (Å²) in [5.74, 6) is 0.849. The average molecular weight is 361 g/mol. The molecule has 0 aliphatic rings. The third-order valence-electron chi connectivity index (χ3n) is 2.86. The molecule has 0 saturated heterocycles. The standard InChI is InChI=1S/C16H13BrN2O3/c1-21-15-5-4-11(8-14(15)17)7-12(9-18)16(20)19-10-13-3-2-6-22-13/h2-8H,10H2,1H3,(H,19,20)/b12-7+. The first-order valence-electron chi connectivity index (χ1n) is 6.40. The predicted octanol–water partition coefficient (Wildman–Crippen LogP) is 3.27. The number of rotatable bonds is 5. The summed E-state index contributed by atoms with van der Waals surface area (Å²) in [4.78, 5) is 12.0. The number of ether oxygens (including phenoxy) is 1. The molecule has 0 atom stereocenters. The van der Waals surface area contributed by atoms with Crippen LogP contribution < -0.4 is 10.1 Å². The molecule has 0 saturated carbocycles. The Balaban J connectivity index is 2.11. The molecule has 1 N–H and O–H groups in total. The normalized spacial score (nSPS) is 10.9. The first-order valence-corrected chi connectivity index (χ1v) is 7.19. The van der Waals surface area contributed by atoms with E-state index in [4.69, 9.17) is 14.4 Å². The molecule has 2 rings (SSSR count). The third-order valence-corrected chi connectivity index (χ3v) is 3.47. The van der Waals surface area contributed by atoms with Gasteiger partial charge < -0.3 is 14.5 Å². The van der Waals surface area contributed by atoms with E-state index in [0.717, 1.165) is 10.0 Å². The topological polar surface area (TPSA) is 75.3 Å². The maximum Gasteiger partial charge on any atom is 0.262 e. The largest absolute Gasteiger partial charge is 0.496 e. The van der Waals surface area contributed by atoms with Crippen molar-refractivity contribution in [3.63, 3.8) is 0 Å². The van der Waals surface area contributed by atoms with E-state index >= 15 is 0 Å². The quantitative estimate of drug-likeness (QED) is 0.655. The van der Waals surface area contributed by atoms with Gasteiger partial charge in [0.25, 0.3) is 5.91 Å². The van der Waals surface area contributed by atoms with Crippen LogP contribution in [0.2, 0.25) is 0 Å². The summed E-state index contributed by atoms with van der Waals surface area (Å²) in [5.41, 5.74) is 0.737. The van der Waals surface area contributed by atoms with Crippen molar-refractivity contribution < 1.29 is 13.9 Å². The van der Waals surface area contributed by atoms with E-state index in [9.17, 15) is 4.79 Å². The third kappa shape index (κ3) is 3.99. The van der Waals surface area contributed by atoms with Crippen LogP contribution in [0.3, 0.4) is 0 Å². The van der Waals surface area contributed by atoms with E-state index in [-0.39, 0.29) is 12.1 Å². The Morgan fingerprint density at radius 3 is 2.91 bits per heavy atom. The number of nitrogens with zero attached hydrogens (tertiary/aromatic N) is 1. The van der Waals surface area contributed by atoms with Gasteiger partial charge in [-0.1, -0.05) is 6.07 Å². The minimum absolute atomic E-state index is 0.0172. The van der Waals surface area contributed by atoms with Crippen molar-refractivity contribution in [2.45, 2.75) is 6.54 Å². The molecule has 112 valence electrons. The van der Waals surface area contributed by atoms with Crippen LogP contribution in [0, 0.1) is 11.3 Å². The van der Waals surface area contributed by atoms with Crippen LogP contribution in [0.25, 0.3) is 6.08 Å². The molecule has 1 aromatic carbocycles. The van der Waals surface area contributed by atoms with E-state index in [0.29, 0.717) is 11.5 Å². The number of carbonyl (C=O) groups is 1. The van der Waals surface area contributed by atoms with Crippen molar-refractivity contribution in [2.24, 2.45) is 0 Å². The van der Waals surface area contributed by atoms with Crippen molar-refractivity contribution in [1.29, 1.82) is 5.26 Å². The van der Waals surface area contributed by atoms with E-state index in [1.807, 2.05) is 6.07 Å². The second-order valence-corrected chi connectivity index (χ2v) is 5.18. The van der Waals surface area contributed by atoms with Gasteiger partial charge in [0, 0.05) is 0 Å². The number of nitrogens with one attached hydrogen (secondary N) is 1. The fraction of sp³-hybridized carbons (Fsp3) is 0.125. The maximum absolute atomic E-state index is 12.0. The van der Waals surface area contributed by atoms with E-state index < -0.39 is 5.91 Å². The maximum atomic E-state index is 12.0. The number of halogens is 1. The first kappa shape index (κ1) is 15.9.